The average Bonchev–Trinajstić information content (AvgIpc) is 2.35. The second kappa shape index (κ2) is 5.22. The van der Waals surface area contributed by atoms with Crippen molar-refractivity contribution in [1.82, 2.24) is 9.97 Å². The van der Waals surface area contributed by atoms with Gasteiger partial charge in [0.15, 0.2) is 0 Å². The highest BCUT2D eigenvalue weighted by molar-refractivity contribution is 9.09. The summed E-state index contributed by atoms with van der Waals surface area (Å²) < 4.78 is 0. The van der Waals surface area contributed by atoms with Crippen LogP contribution in [0.3, 0.4) is 0 Å². The Morgan fingerprint density at radius 1 is 1.22 bits per heavy atom. The second-order valence-electron chi connectivity index (χ2n) is 4.68. The Labute approximate surface area is 115 Å². The lowest BCUT2D eigenvalue weighted by Crippen LogP contribution is -2.41. The maximum atomic E-state index is 4.74. The minimum absolute atomic E-state index is 0.651. The molecule has 94 valence electrons. The summed E-state index contributed by atoms with van der Waals surface area (Å²) in [6.45, 7) is 0.998. The number of para-hydroxylation sites is 2. The zero-order valence-corrected chi connectivity index (χ0v) is 11.8. The maximum absolute atomic E-state index is 4.74. The van der Waals surface area contributed by atoms with E-state index in [4.69, 9.17) is 4.98 Å². The van der Waals surface area contributed by atoms with Crippen LogP contribution in [0.1, 0.15) is 19.3 Å². The molecule has 3 nitrogen and oxygen atoms in total. The molecule has 0 bridgehead atoms. The van der Waals surface area contributed by atoms with Gasteiger partial charge in [-0.25, -0.2) is 4.98 Å². The topological polar surface area (TPSA) is 29.0 Å². The highest BCUT2D eigenvalue weighted by Crippen LogP contribution is 2.28. The summed E-state index contributed by atoms with van der Waals surface area (Å²) in [5.41, 5.74) is 1.95. The minimum atomic E-state index is 0.651. The quantitative estimate of drug-likeness (QED) is 0.811. The first-order valence-electron chi connectivity index (χ1n) is 6.43. The summed E-state index contributed by atoms with van der Waals surface area (Å²) in [5, 5.41) is 0.970. The third-order valence-electron chi connectivity index (χ3n) is 3.57. The molecule has 0 aliphatic heterocycles. The van der Waals surface area contributed by atoms with Crippen LogP contribution in [0.15, 0.2) is 30.5 Å². The second-order valence-corrected chi connectivity index (χ2v) is 5.48. The van der Waals surface area contributed by atoms with Crippen molar-refractivity contribution in [3.05, 3.63) is 30.5 Å². The smallest absolute Gasteiger partial charge is 0.148 e. The fourth-order valence-electron chi connectivity index (χ4n) is 2.36. The van der Waals surface area contributed by atoms with Crippen molar-refractivity contribution in [2.24, 2.45) is 0 Å². The first-order valence-corrected chi connectivity index (χ1v) is 7.55. The van der Waals surface area contributed by atoms with Crippen LogP contribution in [0, 0.1) is 0 Å². The SMILES string of the molecule is BrCCN(c1cnc2ccccc2n1)C1CCC1. The third-order valence-corrected chi connectivity index (χ3v) is 3.93. The molecule has 0 saturated heterocycles. The van der Waals surface area contributed by atoms with E-state index in [0.717, 1.165) is 28.7 Å². The van der Waals surface area contributed by atoms with Crippen LogP contribution in [0.25, 0.3) is 11.0 Å². The molecule has 18 heavy (non-hydrogen) atoms. The Balaban J connectivity index is 1.95. The van der Waals surface area contributed by atoms with Gasteiger partial charge < -0.3 is 4.90 Å². The number of hydrogen-bond acceptors (Lipinski definition) is 3. The lowest BCUT2D eigenvalue weighted by Gasteiger charge is -2.38. The van der Waals surface area contributed by atoms with Crippen molar-refractivity contribution in [1.29, 1.82) is 0 Å². The van der Waals surface area contributed by atoms with Gasteiger partial charge in [-0.3, -0.25) is 4.98 Å². The Hall–Kier alpha value is -1.16. The van der Waals surface area contributed by atoms with Gasteiger partial charge in [-0.1, -0.05) is 28.1 Å². The lowest BCUT2D eigenvalue weighted by atomic mass is 9.91. The molecule has 1 saturated carbocycles. The van der Waals surface area contributed by atoms with Crippen LogP contribution in [0.5, 0.6) is 0 Å². The molecule has 0 unspecified atom stereocenters. The Morgan fingerprint density at radius 2 is 2.00 bits per heavy atom. The largest absolute Gasteiger partial charge is 0.352 e. The van der Waals surface area contributed by atoms with Gasteiger partial charge in [0.2, 0.25) is 0 Å². The number of halogens is 1. The molecule has 1 aliphatic carbocycles. The third kappa shape index (κ3) is 2.21. The van der Waals surface area contributed by atoms with Gasteiger partial charge in [-0.15, -0.1) is 0 Å². The molecule has 3 rings (SSSR count). The number of hydrogen-bond donors (Lipinski definition) is 0. The molecule has 0 spiro atoms. The first-order chi connectivity index (χ1) is 8.88. The lowest BCUT2D eigenvalue weighted by molar-refractivity contribution is 0.389. The average molecular weight is 306 g/mol. The van der Waals surface area contributed by atoms with Crippen molar-refractivity contribution in [2.45, 2.75) is 25.3 Å². The molecule has 0 N–H and O–H groups in total. The van der Waals surface area contributed by atoms with Crippen LogP contribution in [0.2, 0.25) is 0 Å². The van der Waals surface area contributed by atoms with Crippen LogP contribution in [-0.4, -0.2) is 27.9 Å². The summed E-state index contributed by atoms with van der Waals surface area (Å²) in [6, 6.07) is 8.69. The van der Waals surface area contributed by atoms with Crippen LogP contribution >= 0.6 is 15.9 Å². The van der Waals surface area contributed by atoms with E-state index in [9.17, 15) is 0 Å². The van der Waals surface area contributed by atoms with Gasteiger partial charge in [0.1, 0.15) is 5.82 Å². The van der Waals surface area contributed by atoms with E-state index in [2.05, 4.69) is 25.8 Å². The zero-order chi connectivity index (χ0) is 12.4. The predicted octanol–water partition coefficient (Wildman–Crippen LogP) is 3.38. The highest BCUT2D eigenvalue weighted by Gasteiger charge is 2.25. The maximum Gasteiger partial charge on any atom is 0.148 e. The van der Waals surface area contributed by atoms with Crippen molar-refractivity contribution in [2.75, 3.05) is 16.8 Å². The van der Waals surface area contributed by atoms with Gasteiger partial charge in [-0.2, -0.15) is 0 Å². The molecular formula is C14H16BrN3. The fraction of sp³-hybridized carbons (Fsp3) is 0.429. The Kier molecular flexibility index (Phi) is 3.46. The van der Waals surface area contributed by atoms with Crippen LogP contribution in [-0.2, 0) is 0 Å². The summed E-state index contributed by atoms with van der Waals surface area (Å²) in [5.74, 6) is 1.01. The molecule has 4 heteroatoms. The van der Waals surface area contributed by atoms with Gasteiger partial charge in [0.25, 0.3) is 0 Å². The number of nitrogens with zero attached hydrogens (tertiary/aromatic N) is 3. The van der Waals surface area contributed by atoms with Gasteiger partial charge in [0, 0.05) is 17.9 Å². The molecule has 0 radical (unpaired) electrons. The van der Waals surface area contributed by atoms with Crippen molar-refractivity contribution < 1.29 is 0 Å². The monoisotopic (exact) mass is 305 g/mol. The summed E-state index contributed by atoms with van der Waals surface area (Å²) in [6.07, 6.45) is 5.80. The number of alkyl halides is 1. The molecule has 1 aromatic heterocycles. The molecule has 1 aliphatic rings. The van der Waals surface area contributed by atoms with E-state index in [1.165, 1.54) is 19.3 Å². The van der Waals surface area contributed by atoms with Gasteiger partial charge in [-0.05, 0) is 31.4 Å². The van der Waals surface area contributed by atoms with E-state index in [1.807, 2.05) is 30.5 Å². The number of rotatable bonds is 4. The zero-order valence-electron chi connectivity index (χ0n) is 10.2. The highest BCUT2D eigenvalue weighted by atomic mass is 79.9. The number of benzene rings is 1. The summed E-state index contributed by atoms with van der Waals surface area (Å²) >= 11 is 3.53. The number of aromatic nitrogens is 2. The van der Waals surface area contributed by atoms with E-state index >= 15 is 0 Å². The first kappa shape index (κ1) is 11.9. The van der Waals surface area contributed by atoms with Crippen LogP contribution in [0.4, 0.5) is 5.82 Å². The molecule has 1 heterocycles. The van der Waals surface area contributed by atoms with Gasteiger partial charge in [0.05, 0.1) is 17.2 Å². The van der Waals surface area contributed by atoms with Crippen molar-refractivity contribution in [3.8, 4) is 0 Å². The molecule has 1 fully saturated rings. The molecule has 0 amide bonds. The Morgan fingerprint density at radius 3 is 2.67 bits per heavy atom. The fourth-order valence-corrected chi connectivity index (χ4v) is 2.74. The van der Waals surface area contributed by atoms with Crippen molar-refractivity contribution >= 4 is 32.8 Å². The van der Waals surface area contributed by atoms with E-state index in [-0.39, 0.29) is 0 Å². The number of fused-ring (bicyclic) bond motifs is 1. The molecule has 0 atom stereocenters. The summed E-state index contributed by atoms with van der Waals surface area (Å²) in [7, 11) is 0. The normalized spacial score (nSPS) is 15.6. The van der Waals surface area contributed by atoms with Gasteiger partial charge >= 0.3 is 0 Å². The van der Waals surface area contributed by atoms with Crippen LogP contribution < -0.4 is 4.90 Å². The molecule has 1 aromatic carbocycles. The Bertz CT molecular complexity index is 539. The number of anilines is 1. The van der Waals surface area contributed by atoms with Crippen molar-refractivity contribution in [3.63, 3.8) is 0 Å². The van der Waals surface area contributed by atoms with E-state index in [1.54, 1.807) is 0 Å². The predicted molar refractivity (Wildman–Crippen MR) is 78.3 cm³/mol. The van der Waals surface area contributed by atoms with E-state index < -0.39 is 0 Å². The summed E-state index contributed by atoms with van der Waals surface area (Å²) in [4.78, 5) is 11.6. The molecule has 2 aromatic rings. The standard InChI is InChI=1S/C14H16BrN3/c15-8-9-18(11-4-3-5-11)14-10-16-12-6-1-2-7-13(12)17-14/h1-2,6-7,10-11H,3-5,8-9H2. The van der Waals surface area contributed by atoms with E-state index in [0.29, 0.717) is 6.04 Å². The minimum Gasteiger partial charge on any atom is -0.352 e. The molecular weight excluding hydrogens is 290 g/mol.